The van der Waals surface area contributed by atoms with Gasteiger partial charge in [0.15, 0.2) is 0 Å². The Labute approximate surface area is 185 Å². The van der Waals surface area contributed by atoms with Crippen molar-refractivity contribution in [1.82, 2.24) is 14.9 Å². The normalized spacial score (nSPS) is 11.0. The summed E-state index contributed by atoms with van der Waals surface area (Å²) in [6.45, 7) is 6.42. The van der Waals surface area contributed by atoms with Gasteiger partial charge in [-0.05, 0) is 56.9 Å². The quantitative estimate of drug-likeness (QED) is 0.374. The predicted octanol–water partition coefficient (Wildman–Crippen LogP) is 5.44. The van der Waals surface area contributed by atoms with E-state index in [9.17, 15) is 4.79 Å². The zero-order valence-corrected chi connectivity index (χ0v) is 18.9. The average Bonchev–Trinajstić information content (AvgIpc) is 3.14. The Bertz CT molecular complexity index is 947. The van der Waals surface area contributed by atoms with E-state index in [2.05, 4.69) is 53.2 Å². The minimum Gasteiger partial charge on any atom is -0.494 e. The van der Waals surface area contributed by atoms with Crippen LogP contribution in [-0.4, -0.2) is 28.6 Å². The molecule has 0 saturated heterocycles. The zero-order valence-electron chi connectivity index (χ0n) is 18.9. The summed E-state index contributed by atoms with van der Waals surface area (Å²) in [4.78, 5) is 16.2. The minimum atomic E-state index is 0.133. The Morgan fingerprint density at radius 1 is 1.00 bits per heavy atom. The molecule has 0 fully saturated rings. The van der Waals surface area contributed by atoms with Gasteiger partial charge in [-0.25, -0.2) is 4.98 Å². The molecule has 0 atom stereocenters. The average molecular weight is 422 g/mol. The van der Waals surface area contributed by atoms with Crippen LogP contribution in [0.3, 0.4) is 0 Å². The van der Waals surface area contributed by atoms with E-state index in [1.165, 1.54) is 16.9 Å². The van der Waals surface area contributed by atoms with Crippen molar-refractivity contribution in [2.75, 3.05) is 13.2 Å². The lowest BCUT2D eigenvalue weighted by Gasteiger charge is -2.10. The smallest absolute Gasteiger partial charge is 0.219 e. The number of hydrogen-bond acceptors (Lipinski definition) is 3. The van der Waals surface area contributed by atoms with Gasteiger partial charge in [0.05, 0.1) is 17.6 Å². The molecule has 0 saturated carbocycles. The summed E-state index contributed by atoms with van der Waals surface area (Å²) < 4.78 is 8.25. The van der Waals surface area contributed by atoms with Gasteiger partial charge in [-0.3, -0.25) is 4.79 Å². The third kappa shape index (κ3) is 7.12. The topological polar surface area (TPSA) is 56.2 Å². The summed E-state index contributed by atoms with van der Waals surface area (Å²) >= 11 is 0. The number of rotatable bonds is 13. The summed E-state index contributed by atoms with van der Waals surface area (Å²) in [5, 5.41) is 2.95. The standard InChI is InChI=1S/C26H35N3O2/c1-3-26(30)27-18-8-4-5-13-25-28-23-11-6-7-12-24(23)29(25)19-9-10-20-31-22-16-14-21(2)15-17-22/h6-7,11-12,14-17H,3-5,8-10,13,18-20H2,1-2H3,(H,27,30). The van der Waals surface area contributed by atoms with Crippen LogP contribution in [0, 0.1) is 6.92 Å². The van der Waals surface area contributed by atoms with E-state index < -0.39 is 0 Å². The molecule has 3 aromatic rings. The number of benzene rings is 2. The monoisotopic (exact) mass is 421 g/mol. The highest BCUT2D eigenvalue weighted by Gasteiger charge is 2.10. The number of hydrogen-bond donors (Lipinski definition) is 1. The van der Waals surface area contributed by atoms with Crippen molar-refractivity contribution >= 4 is 16.9 Å². The molecule has 0 aliphatic rings. The van der Waals surface area contributed by atoms with Gasteiger partial charge in [-0.1, -0.05) is 43.2 Å². The van der Waals surface area contributed by atoms with Crippen molar-refractivity contribution in [1.29, 1.82) is 0 Å². The van der Waals surface area contributed by atoms with Crippen molar-refractivity contribution in [3.8, 4) is 5.75 Å². The second-order valence-corrected chi connectivity index (χ2v) is 8.05. The highest BCUT2D eigenvalue weighted by atomic mass is 16.5. The number of nitrogens with zero attached hydrogens (tertiary/aromatic N) is 2. The zero-order chi connectivity index (χ0) is 21.9. The Morgan fingerprint density at radius 3 is 2.61 bits per heavy atom. The lowest BCUT2D eigenvalue weighted by Crippen LogP contribution is -2.23. The van der Waals surface area contributed by atoms with Crippen LogP contribution in [0.15, 0.2) is 48.5 Å². The molecular formula is C26H35N3O2. The molecule has 0 unspecified atom stereocenters. The van der Waals surface area contributed by atoms with Crippen molar-refractivity contribution in [2.45, 2.75) is 65.3 Å². The van der Waals surface area contributed by atoms with Gasteiger partial charge in [0.1, 0.15) is 11.6 Å². The maximum absolute atomic E-state index is 11.3. The summed E-state index contributed by atoms with van der Waals surface area (Å²) in [5.41, 5.74) is 3.54. The van der Waals surface area contributed by atoms with Gasteiger partial charge in [0, 0.05) is 25.9 Å². The molecule has 166 valence electrons. The molecule has 1 aromatic heterocycles. The molecule has 0 radical (unpaired) electrons. The number of fused-ring (bicyclic) bond motifs is 1. The van der Waals surface area contributed by atoms with Gasteiger partial charge in [-0.2, -0.15) is 0 Å². The molecule has 0 spiro atoms. The molecular weight excluding hydrogens is 386 g/mol. The Kier molecular flexibility index (Phi) is 8.95. The van der Waals surface area contributed by atoms with Gasteiger partial charge < -0.3 is 14.6 Å². The van der Waals surface area contributed by atoms with Crippen LogP contribution in [0.25, 0.3) is 11.0 Å². The second kappa shape index (κ2) is 12.1. The molecule has 31 heavy (non-hydrogen) atoms. The van der Waals surface area contributed by atoms with Crippen molar-refractivity contribution in [3.05, 3.63) is 59.9 Å². The number of unbranched alkanes of at least 4 members (excludes halogenated alkanes) is 3. The number of aromatic nitrogens is 2. The molecule has 1 heterocycles. The third-order valence-corrected chi connectivity index (χ3v) is 5.52. The number of carbonyl (C=O) groups excluding carboxylic acids is 1. The van der Waals surface area contributed by atoms with Crippen LogP contribution in [0.1, 0.15) is 56.8 Å². The van der Waals surface area contributed by atoms with Crippen LogP contribution >= 0.6 is 0 Å². The van der Waals surface area contributed by atoms with Crippen molar-refractivity contribution in [2.24, 2.45) is 0 Å². The van der Waals surface area contributed by atoms with E-state index in [4.69, 9.17) is 9.72 Å². The molecule has 1 amide bonds. The minimum absolute atomic E-state index is 0.133. The number of amides is 1. The van der Waals surface area contributed by atoms with Gasteiger partial charge in [-0.15, -0.1) is 0 Å². The lowest BCUT2D eigenvalue weighted by molar-refractivity contribution is -0.120. The largest absolute Gasteiger partial charge is 0.494 e. The highest BCUT2D eigenvalue weighted by molar-refractivity contribution is 5.76. The number of para-hydroxylation sites is 2. The Hall–Kier alpha value is -2.82. The van der Waals surface area contributed by atoms with Crippen LogP contribution in [-0.2, 0) is 17.8 Å². The molecule has 2 aromatic carbocycles. The van der Waals surface area contributed by atoms with Crippen LogP contribution in [0.5, 0.6) is 5.75 Å². The summed E-state index contributed by atoms with van der Waals surface area (Å²) in [5.74, 6) is 2.24. The number of imidazole rings is 1. The third-order valence-electron chi connectivity index (χ3n) is 5.52. The SMILES string of the molecule is CCC(=O)NCCCCCc1nc2ccccc2n1CCCCOc1ccc(C)cc1. The van der Waals surface area contributed by atoms with Crippen LogP contribution < -0.4 is 10.1 Å². The van der Waals surface area contributed by atoms with E-state index in [0.29, 0.717) is 6.42 Å². The van der Waals surface area contributed by atoms with Crippen molar-refractivity contribution < 1.29 is 9.53 Å². The Balaban J connectivity index is 1.47. The molecule has 5 heteroatoms. The maximum Gasteiger partial charge on any atom is 0.219 e. The fourth-order valence-corrected chi connectivity index (χ4v) is 3.70. The molecule has 0 aliphatic heterocycles. The van der Waals surface area contributed by atoms with Crippen molar-refractivity contribution in [3.63, 3.8) is 0 Å². The summed E-state index contributed by atoms with van der Waals surface area (Å²) in [6, 6.07) is 16.6. The number of carbonyl (C=O) groups is 1. The van der Waals surface area contributed by atoms with E-state index in [1.54, 1.807) is 0 Å². The van der Waals surface area contributed by atoms with Crippen LogP contribution in [0.4, 0.5) is 0 Å². The van der Waals surface area contributed by atoms with E-state index in [0.717, 1.165) is 69.5 Å². The first-order chi connectivity index (χ1) is 15.2. The van der Waals surface area contributed by atoms with Gasteiger partial charge in [0.2, 0.25) is 5.91 Å². The van der Waals surface area contributed by atoms with E-state index in [-0.39, 0.29) is 5.91 Å². The first kappa shape index (κ1) is 22.9. The molecule has 0 bridgehead atoms. The molecule has 1 N–H and O–H groups in total. The van der Waals surface area contributed by atoms with Gasteiger partial charge in [0.25, 0.3) is 0 Å². The number of aryl methyl sites for hydroxylation is 3. The highest BCUT2D eigenvalue weighted by Crippen LogP contribution is 2.19. The maximum atomic E-state index is 11.3. The lowest BCUT2D eigenvalue weighted by atomic mass is 10.2. The predicted molar refractivity (Wildman–Crippen MR) is 126 cm³/mol. The second-order valence-electron chi connectivity index (χ2n) is 8.05. The first-order valence-electron chi connectivity index (χ1n) is 11.6. The Morgan fingerprint density at radius 2 is 1.81 bits per heavy atom. The first-order valence-corrected chi connectivity index (χ1v) is 11.6. The fraction of sp³-hybridized carbons (Fsp3) is 0.462. The number of ether oxygens (including phenoxy) is 1. The fourth-order valence-electron chi connectivity index (χ4n) is 3.70. The summed E-state index contributed by atoms with van der Waals surface area (Å²) in [7, 11) is 0. The number of nitrogens with one attached hydrogen (secondary N) is 1. The van der Waals surface area contributed by atoms with E-state index in [1.807, 2.05) is 19.1 Å². The molecule has 5 nitrogen and oxygen atoms in total. The van der Waals surface area contributed by atoms with Crippen LogP contribution in [0.2, 0.25) is 0 Å². The summed E-state index contributed by atoms with van der Waals surface area (Å²) in [6.07, 6.45) is 6.79. The van der Waals surface area contributed by atoms with Gasteiger partial charge >= 0.3 is 0 Å². The molecule has 3 rings (SSSR count). The molecule has 0 aliphatic carbocycles. The van der Waals surface area contributed by atoms with E-state index >= 15 is 0 Å².